The molecule has 0 saturated heterocycles. The Morgan fingerprint density at radius 1 is 0.963 bits per heavy atom. The number of allylic oxidation sites excluding steroid dienone is 1. The van der Waals surface area contributed by atoms with Gasteiger partial charge in [0.2, 0.25) is 0 Å². The lowest BCUT2D eigenvalue weighted by Gasteiger charge is -2.23. The molecule has 0 aliphatic carbocycles. The van der Waals surface area contributed by atoms with Gasteiger partial charge in [-0.15, -0.1) is 0 Å². The third-order valence-electron chi connectivity index (χ3n) is 3.22. The van der Waals surface area contributed by atoms with E-state index in [2.05, 4.69) is 6.58 Å². The monoisotopic (exact) mass is 446 g/mol. The fourth-order valence-electron chi connectivity index (χ4n) is 1.93. The highest BCUT2D eigenvalue weighted by molar-refractivity contribution is 7.90. The second-order valence-electron chi connectivity index (χ2n) is 5.16. The van der Waals surface area contributed by atoms with Crippen LogP contribution in [-0.4, -0.2) is 70.5 Å². The minimum absolute atomic E-state index is 0.0111. The van der Waals surface area contributed by atoms with Crippen LogP contribution in [0.25, 0.3) is 0 Å². The molecule has 158 valence electrons. The molecule has 27 heavy (non-hydrogen) atoms. The van der Waals surface area contributed by atoms with Crippen molar-refractivity contribution in [2.45, 2.75) is 11.0 Å². The van der Waals surface area contributed by atoms with E-state index in [9.17, 15) is 43.2 Å². The summed E-state index contributed by atoms with van der Waals surface area (Å²) in [5, 5.41) is 0. The van der Waals surface area contributed by atoms with Crippen LogP contribution in [0.1, 0.15) is 0 Å². The Hall–Kier alpha value is -1.52. The van der Waals surface area contributed by atoms with Crippen LogP contribution >= 0.6 is 0 Å². The number of hydrogen-bond donors (Lipinski definition) is 2. The molecule has 0 unspecified atom stereocenters. The van der Waals surface area contributed by atoms with Crippen LogP contribution in [-0.2, 0) is 20.0 Å². The molecule has 1 aliphatic heterocycles. The van der Waals surface area contributed by atoms with E-state index < -0.39 is 44.2 Å². The summed E-state index contributed by atoms with van der Waals surface area (Å²) < 4.78 is 120. The number of rotatable bonds is 9. The van der Waals surface area contributed by atoms with Crippen LogP contribution in [0.15, 0.2) is 24.6 Å². The Kier molecular flexibility index (Phi) is 7.17. The van der Waals surface area contributed by atoms with Crippen molar-refractivity contribution in [2.24, 2.45) is 0 Å². The summed E-state index contributed by atoms with van der Waals surface area (Å²) in [6.45, 7) is 1.94. The summed E-state index contributed by atoms with van der Waals surface area (Å²) in [6, 6.07) is 0. The molecule has 0 saturated carbocycles. The van der Waals surface area contributed by atoms with Gasteiger partial charge in [0.15, 0.2) is 0 Å². The Morgan fingerprint density at radius 3 is 1.81 bits per heavy atom. The van der Waals surface area contributed by atoms with E-state index in [4.69, 9.17) is 0 Å². The Balaban J connectivity index is 2.54. The molecule has 0 bridgehead atoms. The molecule has 0 aromatic heterocycles. The van der Waals surface area contributed by atoms with Crippen molar-refractivity contribution in [1.29, 1.82) is 0 Å². The van der Waals surface area contributed by atoms with Gasteiger partial charge >= 0.3 is 31.1 Å². The lowest BCUT2D eigenvalue weighted by atomic mass is 10.4. The molecule has 1 heterocycles. The summed E-state index contributed by atoms with van der Waals surface area (Å²) in [6.07, 6.45) is 2.70. The quantitative estimate of drug-likeness (QED) is 0.500. The third-order valence-corrected chi connectivity index (χ3v) is 5.60. The lowest BCUT2D eigenvalue weighted by molar-refractivity contribution is -0.0453. The van der Waals surface area contributed by atoms with Crippen molar-refractivity contribution in [3.63, 3.8) is 0 Å². The predicted molar refractivity (Wildman–Crippen MR) is 82.5 cm³/mol. The zero-order chi connectivity index (χ0) is 21.1. The van der Waals surface area contributed by atoms with Crippen molar-refractivity contribution in [3.8, 4) is 0 Å². The van der Waals surface area contributed by atoms with E-state index in [1.165, 1.54) is 31.5 Å². The second-order valence-corrected chi connectivity index (χ2v) is 8.68. The Bertz CT molecular complexity index is 776. The van der Waals surface area contributed by atoms with Crippen LogP contribution in [0, 0.1) is 0 Å². The normalized spacial score (nSPS) is 16.6. The minimum Gasteiger partial charge on any atom is -0.357 e. The molecule has 16 heteroatoms. The summed E-state index contributed by atoms with van der Waals surface area (Å²) in [5.74, 6) is 0. The molecular formula is C11H16F6N4O4S2. The third kappa shape index (κ3) is 6.25. The fraction of sp³-hybridized carbons (Fsp3) is 0.636. The van der Waals surface area contributed by atoms with Gasteiger partial charge in [0.1, 0.15) is 0 Å². The molecule has 2 N–H and O–H groups in total. The second kappa shape index (κ2) is 8.24. The van der Waals surface area contributed by atoms with Gasteiger partial charge < -0.3 is 9.80 Å². The molecule has 0 spiro atoms. The molecule has 0 atom stereocenters. The van der Waals surface area contributed by atoms with Gasteiger partial charge in [-0.05, 0) is 6.08 Å². The highest BCUT2D eigenvalue weighted by atomic mass is 32.2. The first-order chi connectivity index (χ1) is 12.1. The van der Waals surface area contributed by atoms with Crippen molar-refractivity contribution < 1.29 is 43.2 Å². The van der Waals surface area contributed by atoms with Crippen LogP contribution in [0.4, 0.5) is 26.3 Å². The minimum atomic E-state index is -5.49. The zero-order valence-corrected chi connectivity index (χ0v) is 15.1. The molecule has 1 aliphatic rings. The Morgan fingerprint density at radius 2 is 1.41 bits per heavy atom. The average molecular weight is 446 g/mol. The van der Waals surface area contributed by atoms with Gasteiger partial charge in [-0.2, -0.15) is 26.3 Å². The number of sulfonamides is 2. The Labute approximate surface area is 151 Å². The summed E-state index contributed by atoms with van der Waals surface area (Å²) in [5.41, 5.74) is -10.5. The SMILES string of the molecule is C=CC1=CN(CCNS(=O)(=O)C(F)(F)F)CN1CCNS(=O)(=O)C(F)(F)F. The molecule has 0 amide bonds. The van der Waals surface area contributed by atoms with Gasteiger partial charge in [-0.3, -0.25) is 0 Å². The fourth-order valence-corrected chi connectivity index (χ4v) is 2.98. The predicted octanol–water partition coefficient (Wildman–Crippen LogP) is 0.467. The first-order valence-corrected chi connectivity index (χ1v) is 10.0. The van der Waals surface area contributed by atoms with Crippen LogP contribution in [0.5, 0.6) is 0 Å². The maximum absolute atomic E-state index is 12.2. The highest BCUT2D eigenvalue weighted by Crippen LogP contribution is 2.22. The highest BCUT2D eigenvalue weighted by Gasteiger charge is 2.46. The molecule has 0 radical (unpaired) electrons. The van der Waals surface area contributed by atoms with E-state index in [0.29, 0.717) is 5.70 Å². The molecule has 0 aromatic rings. The van der Waals surface area contributed by atoms with Crippen molar-refractivity contribution >= 4 is 20.0 Å². The average Bonchev–Trinajstić information content (AvgIpc) is 2.86. The van der Waals surface area contributed by atoms with Gasteiger partial charge in [-0.25, -0.2) is 26.3 Å². The van der Waals surface area contributed by atoms with Crippen molar-refractivity contribution in [1.82, 2.24) is 19.2 Å². The van der Waals surface area contributed by atoms with Gasteiger partial charge in [0.25, 0.3) is 0 Å². The smallest absolute Gasteiger partial charge is 0.357 e. The van der Waals surface area contributed by atoms with E-state index in [-0.39, 0.29) is 19.8 Å². The molecule has 0 fully saturated rings. The molecule has 8 nitrogen and oxygen atoms in total. The van der Waals surface area contributed by atoms with Crippen LogP contribution in [0.2, 0.25) is 0 Å². The van der Waals surface area contributed by atoms with Crippen molar-refractivity contribution in [2.75, 3.05) is 32.8 Å². The lowest BCUT2D eigenvalue weighted by Crippen LogP contribution is -2.42. The number of hydrogen-bond acceptors (Lipinski definition) is 6. The summed E-state index contributed by atoms with van der Waals surface area (Å²) >= 11 is 0. The maximum atomic E-state index is 12.2. The van der Waals surface area contributed by atoms with E-state index in [0.717, 1.165) is 0 Å². The molecule has 1 rings (SSSR count). The standard InChI is InChI=1S/C11H16F6N4O4S2/c1-2-9-7-20(5-3-18-26(22,23)10(12,13)14)8-21(9)6-4-19-27(24,25)11(15,16)17/h2,7,18-19H,1,3-6,8H2. The van der Waals surface area contributed by atoms with E-state index in [1.54, 1.807) is 0 Å². The topological polar surface area (TPSA) is 98.8 Å². The van der Waals surface area contributed by atoms with Gasteiger partial charge in [0.05, 0.1) is 12.4 Å². The molecule has 0 aromatic carbocycles. The van der Waals surface area contributed by atoms with E-state index in [1.807, 2.05) is 0 Å². The van der Waals surface area contributed by atoms with Gasteiger partial charge in [-0.1, -0.05) is 6.58 Å². The number of nitrogens with zero attached hydrogens (tertiary/aromatic N) is 2. The van der Waals surface area contributed by atoms with Crippen LogP contribution in [0.3, 0.4) is 0 Å². The summed E-state index contributed by atoms with van der Waals surface area (Å²) in [4.78, 5) is 2.79. The summed E-state index contributed by atoms with van der Waals surface area (Å²) in [7, 11) is -11.0. The molecular weight excluding hydrogens is 430 g/mol. The van der Waals surface area contributed by atoms with Crippen molar-refractivity contribution in [3.05, 3.63) is 24.6 Å². The number of halogens is 6. The number of alkyl halides is 6. The van der Waals surface area contributed by atoms with Crippen LogP contribution < -0.4 is 9.44 Å². The first kappa shape index (κ1) is 23.5. The first-order valence-electron chi connectivity index (χ1n) is 7.06. The largest absolute Gasteiger partial charge is 0.511 e. The van der Waals surface area contributed by atoms with E-state index >= 15 is 0 Å². The number of nitrogens with one attached hydrogen (secondary N) is 2. The van der Waals surface area contributed by atoms with Gasteiger partial charge in [0, 0.05) is 32.4 Å². The zero-order valence-electron chi connectivity index (χ0n) is 13.5. The maximum Gasteiger partial charge on any atom is 0.511 e.